The average molecular weight is 281 g/mol. The molecule has 0 aliphatic heterocycles. The molecule has 0 aliphatic carbocycles. The van der Waals surface area contributed by atoms with E-state index in [1.807, 2.05) is 49.3 Å². The number of hydrogen-bond acceptors (Lipinski definition) is 6. The Morgan fingerprint density at radius 2 is 1.86 bits per heavy atom. The third-order valence-corrected chi connectivity index (χ3v) is 3.05. The Labute approximate surface area is 122 Å². The number of nitrogen functional groups attached to an aromatic ring is 1. The van der Waals surface area contributed by atoms with E-state index in [2.05, 4.69) is 15.0 Å². The molecule has 0 amide bonds. The van der Waals surface area contributed by atoms with Gasteiger partial charge in [0, 0.05) is 25.7 Å². The first-order valence-electron chi connectivity index (χ1n) is 6.46. The summed E-state index contributed by atoms with van der Waals surface area (Å²) in [4.78, 5) is 14.4. The van der Waals surface area contributed by atoms with Crippen LogP contribution in [-0.4, -0.2) is 29.0 Å². The first-order chi connectivity index (χ1) is 10.2. The summed E-state index contributed by atoms with van der Waals surface area (Å²) in [6, 6.07) is 9.58. The monoisotopic (exact) mass is 281 g/mol. The van der Waals surface area contributed by atoms with Crippen molar-refractivity contribution in [1.82, 2.24) is 15.0 Å². The van der Waals surface area contributed by atoms with Crippen molar-refractivity contribution in [2.75, 3.05) is 24.7 Å². The number of hydrogen-bond donors (Lipinski definition) is 1. The molecule has 0 spiro atoms. The Bertz CT molecular complexity index is 783. The van der Waals surface area contributed by atoms with Gasteiger partial charge in [0.25, 0.3) is 0 Å². The zero-order valence-electron chi connectivity index (χ0n) is 11.8. The number of rotatable bonds is 3. The molecule has 106 valence electrons. The number of anilines is 2. The molecule has 0 saturated heterocycles. The van der Waals surface area contributed by atoms with E-state index in [9.17, 15) is 0 Å². The van der Waals surface area contributed by atoms with Crippen LogP contribution in [0.1, 0.15) is 0 Å². The molecule has 0 aliphatic rings. The summed E-state index contributed by atoms with van der Waals surface area (Å²) in [5.41, 5.74) is 7.23. The molecule has 6 heteroatoms. The summed E-state index contributed by atoms with van der Waals surface area (Å²) in [6.07, 6.45) is 3.16. The minimum atomic E-state index is 0.326. The van der Waals surface area contributed by atoms with Crippen LogP contribution in [0.3, 0.4) is 0 Å². The molecule has 3 rings (SSSR count). The van der Waals surface area contributed by atoms with E-state index in [-0.39, 0.29) is 0 Å². The number of nitrogens with two attached hydrogens (primary N) is 1. The fraction of sp³-hybridized carbons (Fsp3) is 0.133. The van der Waals surface area contributed by atoms with E-state index >= 15 is 0 Å². The highest BCUT2D eigenvalue weighted by Gasteiger charge is 2.13. The molecule has 2 aromatic heterocycles. The lowest BCUT2D eigenvalue weighted by Crippen LogP contribution is -2.14. The number of benzene rings is 1. The maximum atomic E-state index is 6.06. The number of fused-ring (bicyclic) bond motifs is 1. The van der Waals surface area contributed by atoms with Crippen LogP contribution in [0.15, 0.2) is 42.9 Å². The van der Waals surface area contributed by atoms with Crippen LogP contribution in [-0.2, 0) is 0 Å². The zero-order valence-corrected chi connectivity index (χ0v) is 11.8. The topological polar surface area (TPSA) is 77.2 Å². The van der Waals surface area contributed by atoms with E-state index in [0.29, 0.717) is 23.1 Å². The van der Waals surface area contributed by atoms with Crippen molar-refractivity contribution in [2.24, 2.45) is 0 Å². The van der Waals surface area contributed by atoms with Crippen molar-refractivity contribution < 1.29 is 4.74 Å². The normalized spacial score (nSPS) is 10.6. The van der Waals surface area contributed by atoms with Gasteiger partial charge >= 0.3 is 0 Å². The molecule has 0 fully saturated rings. The zero-order chi connectivity index (χ0) is 14.8. The smallest absolute Gasteiger partial charge is 0.248 e. The van der Waals surface area contributed by atoms with Crippen molar-refractivity contribution in [3.63, 3.8) is 0 Å². The van der Waals surface area contributed by atoms with Crippen LogP contribution in [0.4, 0.5) is 11.5 Å². The van der Waals surface area contributed by atoms with Gasteiger partial charge in [0.2, 0.25) is 5.88 Å². The van der Waals surface area contributed by atoms with Crippen LogP contribution in [0.5, 0.6) is 11.6 Å². The molecule has 0 bridgehead atoms. The number of pyridine rings is 1. The number of ether oxygens (including phenoxy) is 1. The van der Waals surface area contributed by atoms with Gasteiger partial charge in [0.1, 0.15) is 17.5 Å². The molecule has 3 aromatic rings. The molecule has 0 saturated carbocycles. The molecule has 0 radical (unpaired) electrons. The van der Waals surface area contributed by atoms with Crippen LogP contribution in [0.2, 0.25) is 0 Å². The van der Waals surface area contributed by atoms with Crippen molar-refractivity contribution >= 4 is 22.4 Å². The molecule has 2 heterocycles. The fourth-order valence-electron chi connectivity index (χ4n) is 2.07. The Morgan fingerprint density at radius 1 is 1.05 bits per heavy atom. The number of para-hydroxylation sites is 1. The summed E-state index contributed by atoms with van der Waals surface area (Å²) in [6.45, 7) is 0. The second-order valence-corrected chi connectivity index (χ2v) is 4.74. The van der Waals surface area contributed by atoms with E-state index < -0.39 is 0 Å². The van der Waals surface area contributed by atoms with E-state index in [4.69, 9.17) is 10.5 Å². The maximum Gasteiger partial charge on any atom is 0.248 e. The van der Waals surface area contributed by atoms with Crippen molar-refractivity contribution in [3.05, 3.63) is 42.9 Å². The molecule has 21 heavy (non-hydrogen) atoms. The first kappa shape index (κ1) is 13.1. The average Bonchev–Trinajstić information content (AvgIpc) is 2.49. The largest absolute Gasteiger partial charge is 0.435 e. The van der Waals surface area contributed by atoms with Gasteiger partial charge < -0.3 is 15.4 Å². The molecule has 6 nitrogen and oxygen atoms in total. The minimum absolute atomic E-state index is 0.326. The Balaban J connectivity index is 2.05. The SMILES string of the molecule is CN(C)c1ncnc(Oc2cccc3cccnc23)c1N. The molecule has 2 N–H and O–H groups in total. The Morgan fingerprint density at radius 3 is 2.67 bits per heavy atom. The fourth-order valence-corrected chi connectivity index (χ4v) is 2.07. The molecule has 1 aromatic carbocycles. The van der Waals surface area contributed by atoms with Gasteiger partial charge in [-0.3, -0.25) is 4.98 Å². The maximum absolute atomic E-state index is 6.06. The van der Waals surface area contributed by atoms with Gasteiger partial charge in [0.15, 0.2) is 11.6 Å². The molecule has 0 unspecified atom stereocenters. The lowest BCUT2D eigenvalue weighted by molar-refractivity contribution is 0.468. The van der Waals surface area contributed by atoms with Crippen molar-refractivity contribution in [3.8, 4) is 11.6 Å². The van der Waals surface area contributed by atoms with Crippen molar-refractivity contribution in [2.45, 2.75) is 0 Å². The Hall–Kier alpha value is -2.89. The predicted molar refractivity (Wildman–Crippen MR) is 82.6 cm³/mol. The lowest BCUT2D eigenvalue weighted by Gasteiger charge is -2.15. The Kier molecular flexibility index (Phi) is 3.27. The summed E-state index contributed by atoms with van der Waals surface area (Å²) in [5, 5.41) is 0.996. The van der Waals surface area contributed by atoms with Gasteiger partial charge in [-0.05, 0) is 12.1 Å². The highest BCUT2D eigenvalue weighted by molar-refractivity contribution is 5.84. The van der Waals surface area contributed by atoms with Gasteiger partial charge in [-0.2, -0.15) is 4.98 Å². The number of nitrogens with zero attached hydrogens (tertiary/aromatic N) is 4. The predicted octanol–water partition coefficient (Wildman–Crippen LogP) is 2.47. The first-order valence-corrected chi connectivity index (χ1v) is 6.46. The third kappa shape index (κ3) is 2.43. The summed E-state index contributed by atoms with van der Waals surface area (Å²) in [5.74, 6) is 1.56. The van der Waals surface area contributed by atoms with Gasteiger partial charge in [-0.25, -0.2) is 4.98 Å². The minimum Gasteiger partial charge on any atom is -0.435 e. The quantitative estimate of drug-likeness (QED) is 0.794. The van der Waals surface area contributed by atoms with Crippen LogP contribution in [0, 0.1) is 0 Å². The second-order valence-electron chi connectivity index (χ2n) is 4.74. The standard InChI is InChI=1S/C15H15N5O/c1-20(2)14-12(16)15(19-9-18-14)21-11-7-3-5-10-6-4-8-17-13(10)11/h3-9H,16H2,1-2H3. The number of aromatic nitrogens is 3. The molecular weight excluding hydrogens is 266 g/mol. The van der Waals surface area contributed by atoms with E-state index in [1.54, 1.807) is 6.20 Å². The van der Waals surface area contributed by atoms with E-state index in [0.717, 1.165) is 10.9 Å². The lowest BCUT2D eigenvalue weighted by atomic mass is 10.2. The van der Waals surface area contributed by atoms with Gasteiger partial charge in [0.05, 0.1) is 0 Å². The van der Waals surface area contributed by atoms with Gasteiger partial charge in [-0.15, -0.1) is 0 Å². The molecule has 0 atom stereocenters. The second kappa shape index (κ2) is 5.24. The van der Waals surface area contributed by atoms with Crippen LogP contribution < -0.4 is 15.4 Å². The third-order valence-electron chi connectivity index (χ3n) is 3.05. The van der Waals surface area contributed by atoms with Crippen LogP contribution in [0.25, 0.3) is 10.9 Å². The van der Waals surface area contributed by atoms with E-state index in [1.165, 1.54) is 6.33 Å². The van der Waals surface area contributed by atoms with Gasteiger partial charge in [-0.1, -0.05) is 18.2 Å². The summed E-state index contributed by atoms with van der Waals surface area (Å²) >= 11 is 0. The highest BCUT2D eigenvalue weighted by atomic mass is 16.5. The van der Waals surface area contributed by atoms with Crippen molar-refractivity contribution in [1.29, 1.82) is 0 Å². The summed E-state index contributed by atoms with van der Waals surface area (Å²) in [7, 11) is 3.73. The van der Waals surface area contributed by atoms with Crippen LogP contribution >= 0.6 is 0 Å². The highest BCUT2D eigenvalue weighted by Crippen LogP contribution is 2.33. The molecular formula is C15H15N5O. The summed E-state index contributed by atoms with van der Waals surface area (Å²) < 4.78 is 5.85.